The predicted octanol–water partition coefficient (Wildman–Crippen LogP) is 2.67. The Kier molecular flexibility index (Phi) is 6.27. The number of nitrogens with one attached hydrogen (secondary N) is 2. The van der Waals surface area contributed by atoms with Crippen molar-refractivity contribution in [2.75, 3.05) is 39.8 Å². The lowest BCUT2D eigenvalue weighted by Gasteiger charge is -2.35. The quantitative estimate of drug-likeness (QED) is 0.394. The molecule has 1 aliphatic carbocycles. The van der Waals surface area contributed by atoms with Gasteiger partial charge in [-0.3, -0.25) is 4.79 Å². The molecule has 2 N–H and O–H groups in total. The molecule has 4 atom stereocenters. The normalized spacial score (nSPS) is 23.8. The fraction of sp³-hybridized carbons (Fsp3) is 0.462. The maximum atomic E-state index is 13.2. The Balaban J connectivity index is 1.45. The molecule has 4 aromatic heterocycles. The molecular weight excluding hydrogens is 474 g/mol. The number of hydrogen-bond donors (Lipinski definition) is 2. The number of hydrogen-bond acceptors (Lipinski definition) is 8. The van der Waals surface area contributed by atoms with Gasteiger partial charge in [0.1, 0.15) is 23.1 Å². The van der Waals surface area contributed by atoms with Gasteiger partial charge in [0, 0.05) is 57.3 Å². The Morgan fingerprint density at radius 2 is 2.03 bits per heavy atom. The molecule has 11 heteroatoms. The van der Waals surface area contributed by atoms with Crippen LogP contribution in [0.5, 0.6) is 0 Å². The van der Waals surface area contributed by atoms with Crippen molar-refractivity contribution in [3.05, 3.63) is 42.4 Å². The van der Waals surface area contributed by atoms with Crippen LogP contribution in [0.15, 0.2) is 36.8 Å². The molecule has 0 unspecified atom stereocenters. The first-order valence-corrected chi connectivity index (χ1v) is 12.6. The summed E-state index contributed by atoms with van der Waals surface area (Å²) in [6.45, 7) is 1.20. The molecule has 37 heavy (non-hydrogen) atoms. The number of aromatic nitrogens is 5. The summed E-state index contributed by atoms with van der Waals surface area (Å²) in [6, 6.07) is 6.00. The highest BCUT2D eigenvalue weighted by Crippen LogP contribution is 2.35. The van der Waals surface area contributed by atoms with E-state index in [0.717, 1.165) is 47.4 Å². The molecule has 1 aliphatic heterocycles. The van der Waals surface area contributed by atoms with Crippen molar-refractivity contribution in [2.45, 2.75) is 43.6 Å². The van der Waals surface area contributed by atoms with Crippen LogP contribution < -0.4 is 10.6 Å². The standard InChI is InChI=1S/C26H31N7O4/c1-27-23-11-19(30-25-16(12-29-33(23)25)26(34)31-18-6-7-21(18)35-2)17-13-32(24-15(17)5-4-9-28-24)20-8-10-37-14-22(20)36-3/h4-5,9,11-13,18,20-22,27H,6-8,10,14H2,1-3H3,(H,31,34)/t18-,20-,21-,22-/m1/s1. The number of amides is 1. The van der Waals surface area contributed by atoms with Gasteiger partial charge in [-0.25, -0.2) is 9.97 Å². The van der Waals surface area contributed by atoms with Gasteiger partial charge >= 0.3 is 0 Å². The summed E-state index contributed by atoms with van der Waals surface area (Å²) in [5, 5.41) is 11.7. The van der Waals surface area contributed by atoms with Gasteiger partial charge < -0.3 is 29.4 Å². The Morgan fingerprint density at radius 3 is 2.78 bits per heavy atom. The molecule has 1 saturated carbocycles. The summed E-state index contributed by atoms with van der Waals surface area (Å²) >= 11 is 0. The maximum Gasteiger partial charge on any atom is 0.257 e. The zero-order chi connectivity index (χ0) is 25.5. The van der Waals surface area contributed by atoms with Gasteiger partial charge in [-0.05, 0) is 31.4 Å². The Labute approximate surface area is 214 Å². The van der Waals surface area contributed by atoms with E-state index in [1.165, 1.54) is 0 Å². The highest BCUT2D eigenvalue weighted by atomic mass is 16.5. The average molecular weight is 506 g/mol. The number of pyridine rings is 1. The average Bonchev–Trinajstić information content (AvgIpc) is 3.53. The van der Waals surface area contributed by atoms with E-state index in [4.69, 9.17) is 24.2 Å². The fourth-order valence-corrected chi connectivity index (χ4v) is 5.39. The van der Waals surface area contributed by atoms with Gasteiger partial charge in [0.15, 0.2) is 5.65 Å². The molecular formula is C26H31N7O4. The third-order valence-electron chi connectivity index (χ3n) is 7.60. The molecule has 194 valence electrons. The number of fused-ring (bicyclic) bond motifs is 2. The van der Waals surface area contributed by atoms with Crippen molar-refractivity contribution < 1.29 is 19.0 Å². The van der Waals surface area contributed by atoms with Crippen molar-refractivity contribution in [2.24, 2.45) is 0 Å². The molecule has 2 fully saturated rings. The number of nitrogens with zero attached hydrogens (tertiary/aromatic N) is 5. The first-order valence-electron chi connectivity index (χ1n) is 12.6. The van der Waals surface area contributed by atoms with E-state index in [-0.39, 0.29) is 30.2 Å². The smallest absolute Gasteiger partial charge is 0.257 e. The minimum absolute atomic E-state index is 0.00310. The summed E-state index contributed by atoms with van der Waals surface area (Å²) < 4.78 is 20.7. The molecule has 1 saturated heterocycles. The molecule has 5 heterocycles. The van der Waals surface area contributed by atoms with E-state index >= 15 is 0 Å². The zero-order valence-corrected chi connectivity index (χ0v) is 21.2. The summed E-state index contributed by atoms with van der Waals surface area (Å²) in [5.74, 6) is 0.519. The fourth-order valence-electron chi connectivity index (χ4n) is 5.39. The van der Waals surface area contributed by atoms with Gasteiger partial charge in [0.05, 0.1) is 36.7 Å². The minimum atomic E-state index is -0.206. The second-order valence-electron chi connectivity index (χ2n) is 9.53. The van der Waals surface area contributed by atoms with Crippen LogP contribution in [-0.2, 0) is 14.2 Å². The van der Waals surface area contributed by atoms with Gasteiger partial charge in [-0.15, -0.1) is 0 Å². The van der Waals surface area contributed by atoms with E-state index in [9.17, 15) is 4.79 Å². The number of methoxy groups -OCH3 is 2. The SMILES string of the molecule is CNc1cc(-c2cn([C@@H]3CCOC[C@H]3OC)c3ncccc23)nc2c(C(=O)N[C@@H]3CC[C@H]3OC)cnn12. The Morgan fingerprint density at radius 1 is 1.16 bits per heavy atom. The number of rotatable bonds is 7. The lowest BCUT2D eigenvalue weighted by atomic mass is 9.89. The zero-order valence-electron chi connectivity index (χ0n) is 21.2. The van der Waals surface area contributed by atoms with E-state index in [0.29, 0.717) is 24.4 Å². The molecule has 6 rings (SSSR count). The second-order valence-corrected chi connectivity index (χ2v) is 9.53. The van der Waals surface area contributed by atoms with Crippen LogP contribution in [0.4, 0.5) is 5.82 Å². The number of carbonyl (C=O) groups excluding carboxylic acids is 1. The predicted molar refractivity (Wildman–Crippen MR) is 138 cm³/mol. The van der Waals surface area contributed by atoms with Crippen molar-refractivity contribution in [3.8, 4) is 11.3 Å². The molecule has 4 aromatic rings. The topological polar surface area (TPSA) is 117 Å². The van der Waals surface area contributed by atoms with Crippen LogP contribution in [0.3, 0.4) is 0 Å². The first-order chi connectivity index (χ1) is 18.1. The third-order valence-corrected chi connectivity index (χ3v) is 7.60. The molecule has 11 nitrogen and oxygen atoms in total. The molecule has 1 amide bonds. The van der Waals surface area contributed by atoms with Gasteiger partial charge in [-0.1, -0.05) is 0 Å². The molecule has 0 bridgehead atoms. The van der Waals surface area contributed by atoms with Crippen LogP contribution >= 0.6 is 0 Å². The van der Waals surface area contributed by atoms with Crippen molar-refractivity contribution in [1.82, 2.24) is 29.5 Å². The largest absolute Gasteiger partial charge is 0.379 e. The van der Waals surface area contributed by atoms with Crippen LogP contribution in [0.2, 0.25) is 0 Å². The summed E-state index contributed by atoms with van der Waals surface area (Å²) in [4.78, 5) is 22.9. The Bertz CT molecular complexity index is 1450. The highest BCUT2D eigenvalue weighted by Gasteiger charge is 2.33. The highest BCUT2D eigenvalue weighted by molar-refractivity contribution is 6.01. The summed E-state index contributed by atoms with van der Waals surface area (Å²) in [5.41, 5.74) is 3.42. The lowest BCUT2D eigenvalue weighted by molar-refractivity contribution is -0.0592. The van der Waals surface area contributed by atoms with Crippen molar-refractivity contribution >= 4 is 28.4 Å². The Hall–Kier alpha value is -3.54. The monoisotopic (exact) mass is 505 g/mol. The lowest BCUT2D eigenvalue weighted by Crippen LogP contribution is -2.51. The third kappa shape index (κ3) is 4.03. The van der Waals surface area contributed by atoms with Crippen LogP contribution in [0.1, 0.15) is 35.7 Å². The van der Waals surface area contributed by atoms with Crippen molar-refractivity contribution in [3.63, 3.8) is 0 Å². The van der Waals surface area contributed by atoms with Gasteiger partial charge in [0.2, 0.25) is 0 Å². The van der Waals surface area contributed by atoms with Crippen LogP contribution in [-0.4, -0.2) is 82.8 Å². The van der Waals surface area contributed by atoms with Gasteiger partial charge in [-0.2, -0.15) is 9.61 Å². The molecule has 0 aromatic carbocycles. The van der Waals surface area contributed by atoms with Crippen LogP contribution in [0.25, 0.3) is 27.9 Å². The maximum absolute atomic E-state index is 13.2. The van der Waals surface area contributed by atoms with E-state index in [2.05, 4.69) is 26.5 Å². The van der Waals surface area contributed by atoms with E-state index in [1.807, 2.05) is 25.2 Å². The van der Waals surface area contributed by atoms with E-state index in [1.54, 1.807) is 31.1 Å². The first kappa shape index (κ1) is 23.8. The molecule has 0 spiro atoms. The van der Waals surface area contributed by atoms with Crippen molar-refractivity contribution in [1.29, 1.82) is 0 Å². The minimum Gasteiger partial charge on any atom is -0.379 e. The van der Waals surface area contributed by atoms with Crippen LogP contribution in [0, 0.1) is 0 Å². The number of carbonyl (C=O) groups is 1. The molecule has 2 aliphatic rings. The number of ether oxygens (including phenoxy) is 3. The molecule has 0 radical (unpaired) electrons. The second kappa shape index (κ2) is 9.73. The number of anilines is 1. The summed E-state index contributed by atoms with van der Waals surface area (Å²) in [6.07, 6.45) is 8.08. The van der Waals surface area contributed by atoms with Gasteiger partial charge in [0.25, 0.3) is 5.91 Å². The summed E-state index contributed by atoms with van der Waals surface area (Å²) in [7, 11) is 5.21. The van der Waals surface area contributed by atoms with E-state index < -0.39 is 0 Å².